The Morgan fingerprint density at radius 3 is 1.87 bits per heavy atom. The normalized spacial score (nSPS) is 18.1. The van der Waals surface area contributed by atoms with Crippen molar-refractivity contribution in [3.05, 3.63) is 175 Å². The Balaban J connectivity index is 1.47. The fraction of sp³-hybridized carbons (Fsp3) is 0.162. The summed E-state index contributed by atoms with van der Waals surface area (Å²) in [5, 5.41) is 11.2. The van der Waals surface area contributed by atoms with Gasteiger partial charge in [-0.15, -0.1) is 0 Å². The molecule has 5 aromatic rings. The lowest BCUT2D eigenvalue weighted by Crippen LogP contribution is -2.48. The second-order valence-corrected chi connectivity index (χ2v) is 13.4. The van der Waals surface area contributed by atoms with Crippen LogP contribution in [0, 0.1) is 17.0 Å². The number of hydrogen-bond donors (Lipinski definition) is 0. The third kappa shape index (κ3) is 7.77. The Morgan fingerprint density at radius 2 is 1.31 bits per heavy atom. The monoisotopic (exact) mass is 755 g/mol. The van der Waals surface area contributed by atoms with E-state index in [0.29, 0.717) is 4.57 Å². The molecule has 16 nitrogen and oxygen atoms in total. The van der Waals surface area contributed by atoms with Crippen LogP contribution in [0.1, 0.15) is 42.9 Å². The van der Waals surface area contributed by atoms with E-state index in [1.54, 1.807) is 42.5 Å². The molecule has 1 aliphatic rings. The molecular weight excluding hydrogens is 726 g/mol. The molecule has 0 unspecified atom stereocenters. The zero-order valence-corrected chi connectivity index (χ0v) is 28.9. The number of ether oxygens (including phenoxy) is 3. The number of benzene rings is 4. The number of nitro benzene ring substituents is 1. The summed E-state index contributed by atoms with van der Waals surface area (Å²) in [7, 11) is -4.91. The molecule has 2 heterocycles. The minimum atomic E-state index is -4.91. The van der Waals surface area contributed by atoms with Crippen LogP contribution in [-0.4, -0.2) is 65.2 Å². The third-order valence-corrected chi connectivity index (χ3v) is 9.61. The van der Waals surface area contributed by atoms with E-state index < -0.39 is 85.9 Å². The van der Waals surface area contributed by atoms with E-state index in [1.807, 2.05) is 0 Å². The number of carbonyl (C=O) groups is 3. The van der Waals surface area contributed by atoms with E-state index in [9.17, 15) is 42.5 Å². The van der Waals surface area contributed by atoms with Crippen molar-refractivity contribution in [1.82, 2.24) is 9.13 Å². The van der Waals surface area contributed by atoms with Gasteiger partial charge in [-0.3, -0.25) is 28.5 Å². The van der Waals surface area contributed by atoms with Gasteiger partial charge in [0.05, 0.1) is 20.9 Å². The number of aryl methyl sites for hydroxylation is 1. The van der Waals surface area contributed by atoms with Crippen molar-refractivity contribution in [3.8, 4) is 0 Å². The molecule has 1 aromatic heterocycles. The molecule has 0 N–H and O–H groups in total. The van der Waals surface area contributed by atoms with Crippen LogP contribution < -0.4 is 11.2 Å². The van der Waals surface area contributed by atoms with Crippen molar-refractivity contribution < 1.29 is 46.1 Å². The Bertz CT molecular complexity index is 2430. The van der Waals surface area contributed by atoms with Gasteiger partial charge in [0.1, 0.15) is 12.7 Å². The highest BCUT2D eigenvalue weighted by Crippen LogP contribution is 2.36. The Kier molecular flexibility index (Phi) is 10.7. The Hall–Kier alpha value is -6.56. The summed E-state index contributed by atoms with van der Waals surface area (Å²) in [6.45, 7) is 0.641. The van der Waals surface area contributed by atoms with Crippen LogP contribution >= 0.6 is 0 Å². The van der Waals surface area contributed by atoms with Gasteiger partial charge in [-0.05, 0) is 55.5 Å². The van der Waals surface area contributed by atoms with Crippen LogP contribution in [0.2, 0.25) is 0 Å². The Morgan fingerprint density at radius 1 is 0.778 bits per heavy atom. The average molecular weight is 756 g/mol. The number of esters is 2. The molecule has 17 heteroatoms. The summed E-state index contributed by atoms with van der Waals surface area (Å²) in [6.07, 6.45) is -6.03. The molecule has 0 aliphatic carbocycles. The number of nitro groups is 1. The number of hydrogen-bond acceptors (Lipinski definition) is 13. The number of nitrogens with zero attached hydrogens (tertiary/aromatic N) is 3. The first kappa shape index (κ1) is 37.2. The average Bonchev–Trinajstić information content (AvgIpc) is 3.51. The van der Waals surface area contributed by atoms with Gasteiger partial charge < -0.3 is 14.2 Å². The van der Waals surface area contributed by atoms with Crippen molar-refractivity contribution in [1.29, 1.82) is 0 Å². The van der Waals surface area contributed by atoms with Crippen LogP contribution in [0.25, 0.3) is 0 Å². The van der Waals surface area contributed by atoms with Gasteiger partial charge in [0, 0.05) is 29.5 Å². The van der Waals surface area contributed by atoms with Gasteiger partial charge in [-0.25, -0.2) is 14.4 Å². The van der Waals surface area contributed by atoms with E-state index in [0.717, 1.165) is 35.0 Å². The zero-order valence-electron chi connectivity index (χ0n) is 28.1. The predicted octanol–water partition coefficient (Wildman–Crippen LogP) is 3.67. The molecule has 0 saturated carbocycles. The molecule has 1 fully saturated rings. The van der Waals surface area contributed by atoms with Gasteiger partial charge in [0.15, 0.2) is 18.4 Å². The molecule has 0 amide bonds. The van der Waals surface area contributed by atoms with Crippen molar-refractivity contribution >= 4 is 33.7 Å². The SMILES string of the molecule is Cc1cn([C@@H]2O[C@H](COC(=O)c3ccccc3)[C@@H](OC(=O)c3ccccc3)[C@@H]2OS(=O)(=O)c2ccc([N+](=O)[O-])cc2)c(=O)n(C(=O)c2ccccc2)c1=O. The third-order valence-electron chi connectivity index (χ3n) is 8.28. The number of non-ortho nitro benzene ring substituents is 1. The lowest BCUT2D eigenvalue weighted by molar-refractivity contribution is -0.384. The molecule has 54 heavy (non-hydrogen) atoms. The standard InChI is InChI=1S/C37H29N3O13S/c1-23-21-38(37(45)39(32(23)41)33(42)24-11-5-2-6-12-24)34-31(53-54(48,49)28-19-17-27(18-20-28)40(46)47)30(52-36(44)26-15-9-4-10-16-26)29(51-34)22-50-35(43)25-13-7-3-8-14-25/h2-21,29-31,34H,22H2,1H3/t29-,30-,31+,34-/m1/s1. The van der Waals surface area contributed by atoms with Crippen LogP contribution in [0.15, 0.2) is 136 Å². The van der Waals surface area contributed by atoms with Crippen LogP contribution in [0.4, 0.5) is 5.69 Å². The summed E-state index contributed by atoms with van der Waals surface area (Å²) in [6, 6.07) is 26.5. The number of aromatic nitrogens is 2. The van der Waals surface area contributed by atoms with Crippen LogP contribution in [0.3, 0.4) is 0 Å². The maximum atomic E-state index is 14.1. The summed E-state index contributed by atoms with van der Waals surface area (Å²) in [5.41, 5.74) is -2.63. The molecule has 0 radical (unpaired) electrons. The molecule has 276 valence electrons. The van der Waals surface area contributed by atoms with E-state index in [1.165, 1.54) is 55.5 Å². The molecule has 4 atom stereocenters. The van der Waals surface area contributed by atoms with Crippen molar-refractivity contribution in [2.45, 2.75) is 36.4 Å². The van der Waals surface area contributed by atoms with Gasteiger partial charge in [-0.1, -0.05) is 54.6 Å². The minimum absolute atomic E-state index is 0.0184. The quantitative estimate of drug-likeness (QED) is 0.0817. The number of rotatable bonds is 11. The summed E-state index contributed by atoms with van der Waals surface area (Å²) in [5.74, 6) is -2.79. The lowest BCUT2D eigenvalue weighted by Gasteiger charge is -2.25. The van der Waals surface area contributed by atoms with Crippen LogP contribution in [-0.2, 0) is 28.5 Å². The highest BCUT2D eigenvalue weighted by Gasteiger charge is 2.52. The van der Waals surface area contributed by atoms with E-state index in [4.69, 9.17) is 18.4 Å². The number of carbonyl (C=O) groups excluding carboxylic acids is 3. The molecule has 0 spiro atoms. The molecule has 1 aliphatic heterocycles. The molecule has 1 saturated heterocycles. The van der Waals surface area contributed by atoms with Gasteiger partial charge in [0.25, 0.3) is 27.3 Å². The maximum absolute atomic E-state index is 14.1. The largest absolute Gasteiger partial charge is 0.459 e. The summed E-state index contributed by atoms with van der Waals surface area (Å²) in [4.78, 5) is 77.3. The second-order valence-electron chi connectivity index (χ2n) is 11.8. The van der Waals surface area contributed by atoms with E-state index in [-0.39, 0.29) is 22.3 Å². The maximum Gasteiger partial charge on any atom is 0.340 e. The molecule has 4 aromatic carbocycles. The lowest BCUT2D eigenvalue weighted by atomic mass is 10.1. The smallest absolute Gasteiger partial charge is 0.340 e. The topological polar surface area (TPSA) is 209 Å². The second kappa shape index (κ2) is 15.6. The summed E-state index contributed by atoms with van der Waals surface area (Å²) >= 11 is 0. The zero-order chi connectivity index (χ0) is 38.6. The van der Waals surface area contributed by atoms with E-state index in [2.05, 4.69) is 0 Å². The molecule has 0 bridgehead atoms. The fourth-order valence-electron chi connectivity index (χ4n) is 5.60. The van der Waals surface area contributed by atoms with Gasteiger partial charge in [-0.2, -0.15) is 13.0 Å². The van der Waals surface area contributed by atoms with Gasteiger partial charge >= 0.3 is 17.6 Å². The van der Waals surface area contributed by atoms with Crippen LogP contribution in [0.5, 0.6) is 0 Å². The first-order chi connectivity index (χ1) is 25.9. The first-order valence-corrected chi connectivity index (χ1v) is 17.5. The minimum Gasteiger partial charge on any atom is -0.459 e. The van der Waals surface area contributed by atoms with Crippen molar-refractivity contribution in [2.24, 2.45) is 0 Å². The van der Waals surface area contributed by atoms with E-state index >= 15 is 0 Å². The van der Waals surface area contributed by atoms with Crippen molar-refractivity contribution in [2.75, 3.05) is 6.61 Å². The first-order valence-electron chi connectivity index (χ1n) is 16.1. The molecular formula is C37H29N3O13S. The Labute approximate surface area is 306 Å². The summed E-state index contributed by atoms with van der Waals surface area (Å²) < 4.78 is 51.8. The van der Waals surface area contributed by atoms with Gasteiger partial charge in [0.2, 0.25) is 0 Å². The van der Waals surface area contributed by atoms with Crippen molar-refractivity contribution in [3.63, 3.8) is 0 Å². The highest BCUT2D eigenvalue weighted by molar-refractivity contribution is 7.86. The molecule has 6 rings (SSSR count). The highest BCUT2D eigenvalue weighted by atomic mass is 32.2. The predicted molar refractivity (Wildman–Crippen MR) is 187 cm³/mol. The fourth-order valence-corrected chi connectivity index (χ4v) is 6.68.